The summed E-state index contributed by atoms with van der Waals surface area (Å²) in [7, 11) is 0. The molecule has 1 aromatic carbocycles. The molecule has 1 atom stereocenters. The predicted molar refractivity (Wildman–Crippen MR) is 73.9 cm³/mol. The van der Waals surface area contributed by atoms with E-state index in [2.05, 4.69) is 24.3 Å². The standard InChI is InChI=1S/C16H23NO/c17-12-16(11-13-5-1-2-6-13)9-10-18-15-8-4-3-7-14(15)16/h3-4,7-8,13H,1-2,5-6,9-12,17H2. The van der Waals surface area contributed by atoms with Crippen molar-refractivity contribution in [3.05, 3.63) is 29.8 Å². The molecule has 2 N–H and O–H groups in total. The van der Waals surface area contributed by atoms with E-state index in [9.17, 15) is 0 Å². The van der Waals surface area contributed by atoms with Gasteiger partial charge in [0.2, 0.25) is 0 Å². The normalized spacial score (nSPS) is 27.8. The molecular weight excluding hydrogens is 222 g/mol. The highest BCUT2D eigenvalue weighted by atomic mass is 16.5. The van der Waals surface area contributed by atoms with Gasteiger partial charge in [0.15, 0.2) is 0 Å². The molecule has 1 saturated carbocycles. The Morgan fingerprint density at radius 3 is 2.78 bits per heavy atom. The Hall–Kier alpha value is -1.02. The molecule has 1 heterocycles. The van der Waals surface area contributed by atoms with Gasteiger partial charge in [0.05, 0.1) is 6.61 Å². The van der Waals surface area contributed by atoms with E-state index in [1.807, 2.05) is 0 Å². The molecule has 0 spiro atoms. The lowest BCUT2D eigenvalue weighted by molar-refractivity contribution is 0.190. The summed E-state index contributed by atoms with van der Waals surface area (Å²) < 4.78 is 5.79. The molecule has 0 aromatic heterocycles. The van der Waals surface area contributed by atoms with Gasteiger partial charge in [-0.3, -0.25) is 0 Å². The fourth-order valence-electron chi connectivity index (χ4n) is 3.80. The van der Waals surface area contributed by atoms with Crippen molar-refractivity contribution in [2.24, 2.45) is 11.7 Å². The maximum atomic E-state index is 6.18. The summed E-state index contributed by atoms with van der Waals surface area (Å²) in [5.41, 5.74) is 7.70. The molecule has 1 fully saturated rings. The first-order valence-corrected chi connectivity index (χ1v) is 7.26. The zero-order chi connectivity index (χ0) is 12.4. The van der Waals surface area contributed by atoms with Crippen LogP contribution in [0.3, 0.4) is 0 Å². The summed E-state index contributed by atoms with van der Waals surface area (Å²) in [4.78, 5) is 0. The molecule has 2 heteroatoms. The molecule has 2 nitrogen and oxygen atoms in total. The van der Waals surface area contributed by atoms with Gasteiger partial charge in [0.1, 0.15) is 5.75 Å². The number of ether oxygens (including phenoxy) is 1. The second kappa shape index (κ2) is 4.93. The minimum Gasteiger partial charge on any atom is -0.493 e. The van der Waals surface area contributed by atoms with Crippen molar-refractivity contribution in [2.45, 2.75) is 43.9 Å². The minimum absolute atomic E-state index is 0.170. The highest BCUT2D eigenvalue weighted by molar-refractivity contribution is 5.41. The van der Waals surface area contributed by atoms with Gasteiger partial charge in [-0.2, -0.15) is 0 Å². The van der Waals surface area contributed by atoms with Crippen molar-refractivity contribution in [1.82, 2.24) is 0 Å². The smallest absolute Gasteiger partial charge is 0.123 e. The summed E-state index contributed by atoms with van der Waals surface area (Å²) in [5.74, 6) is 1.94. The second-order valence-corrected chi connectivity index (χ2v) is 5.93. The van der Waals surface area contributed by atoms with Gasteiger partial charge in [-0.25, -0.2) is 0 Å². The molecule has 0 radical (unpaired) electrons. The Morgan fingerprint density at radius 2 is 2.00 bits per heavy atom. The number of hydrogen-bond acceptors (Lipinski definition) is 2. The van der Waals surface area contributed by atoms with Gasteiger partial charge < -0.3 is 10.5 Å². The van der Waals surface area contributed by atoms with Crippen LogP contribution in [0.15, 0.2) is 24.3 Å². The Morgan fingerprint density at radius 1 is 1.22 bits per heavy atom. The highest BCUT2D eigenvalue weighted by Crippen LogP contribution is 2.45. The van der Waals surface area contributed by atoms with Crippen LogP contribution in [0, 0.1) is 5.92 Å². The first kappa shape index (κ1) is 12.0. The Kier molecular flexibility index (Phi) is 3.29. The molecule has 0 amide bonds. The van der Waals surface area contributed by atoms with Crippen molar-refractivity contribution >= 4 is 0 Å². The van der Waals surface area contributed by atoms with Crippen LogP contribution >= 0.6 is 0 Å². The number of fused-ring (bicyclic) bond motifs is 1. The Labute approximate surface area is 110 Å². The molecule has 1 aromatic rings. The van der Waals surface area contributed by atoms with Gasteiger partial charge in [-0.05, 0) is 24.8 Å². The van der Waals surface area contributed by atoms with Crippen LogP contribution < -0.4 is 10.5 Å². The third-order valence-corrected chi connectivity index (χ3v) is 4.84. The van der Waals surface area contributed by atoms with E-state index in [4.69, 9.17) is 10.5 Å². The average Bonchev–Trinajstić information content (AvgIpc) is 2.92. The van der Waals surface area contributed by atoms with E-state index in [1.165, 1.54) is 37.7 Å². The zero-order valence-corrected chi connectivity index (χ0v) is 11.0. The minimum atomic E-state index is 0.170. The first-order chi connectivity index (χ1) is 8.84. The van der Waals surface area contributed by atoms with Gasteiger partial charge in [-0.15, -0.1) is 0 Å². The summed E-state index contributed by atoms with van der Waals surface area (Å²) in [6, 6.07) is 8.48. The summed E-state index contributed by atoms with van der Waals surface area (Å²) >= 11 is 0. The predicted octanol–water partition coefficient (Wildman–Crippen LogP) is 3.25. The molecule has 18 heavy (non-hydrogen) atoms. The van der Waals surface area contributed by atoms with Gasteiger partial charge in [0, 0.05) is 17.5 Å². The summed E-state index contributed by atoms with van der Waals surface area (Å²) in [6.45, 7) is 1.57. The monoisotopic (exact) mass is 245 g/mol. The van der Waals surface area contributed by atoms with Crippen LogP contribution in [0.2, 0.25) is 0 Å². The van der Waals surface area contributed by atoms with Crippen LogP contribution in [0.25, 0.3) is 0 Å². The molecule has 2 aliphatic rings. The number of para-hydroxylation sites is 1. The Balaban J connectivity index is 1.91. The third-order valence-electron chi connectivity index (χ3n) is 4.84. The fourth-order valence-corrected chi connectivity index (χ4v) is 3.80. The van der Waals surface area contributed by atoms with Crippen molar-refractivity contribution in [1.29, 1.82) is 0 Å². The van der Waals surface area contributed by atoms with E-state index in [-0.39, 0.29) is 5.41 Å². The van der Waals surface area contributed by atoms with Crippen molar-refractivity contribution < 1.29 is 4.74 Å². The molecule has 1 aliphatic heterocycles. The quantitative estimate of drug-likeness (QED) is 0.887. The molecular formula is C16H23NO. The van der Waals surface area contributed by atoms with Crippen LogP contribution in [0.4, 0.5) is 0 Å². The summed E-state index contributed by atoms with van der Waals surface area (Å²) in [5, 5.41) is 0. The van der Waals surface area contributed by atoms with E-state index >= 15 is 0 Å². The van der Waals surface area contributed by atoms with Crippen molar-refractivity contribution in [3.8, 4) is 5.75 Å². The molecule has 3 rings (SSSR count). The zero-order valence-electron chi connectivity index (χ0n) is 11.0. The molecule has 0 saturated heterocycles. The average molecular weight is 245 g/mol. The van der Waals surface area contributed by atoms with Crippen molar-refractivity contribution in [2.75, 3.05) is 13.2 Å². The van der Waals surface area contributed by atoms with Crippen molar-refractivity contribution in [3.63, 3.8) is 0 Å². The van der Waals surface area contributed by atoms with Crippen LogP contribution in [-0.2, 0) is 5.41 Å². The lowest BCUT2D eigenvalue weighted by Gasteiger charge is -2.39. The number of nitrogens with two attached hydrogens (primary N) is 1. The molecule has 0 bridgehead atoms. The first-order valence-electron chi connectivity index (χ1n) is 7.26. The van der Waals surface area contributed by atoms with Gasteiger partial charge >= 0.3 is 0 Å². The van der Waals surface area contributed by atoms with Crippen LogP contribution in [0.1, 0.15) is 44.1 Å². The van der Waals surface area contributed by atoms with E-state index < -0.39 is 0 Å². The lowest BCUT2D eigenvalue weighted by atomic mass is 9.70. The largest absolute Gasteiger partial charge is 0.493 e. The fraction of sp³-hybridized carbons (Fsp3) is 0.625. The maximum absolute atomic E-state index is 6.18. The SMILES string of the molecule is NCC1(CC2CCCC2)CCOc2ccccc21. The lowest BCUT2D eigenvalue weighted by Crippen LogP contribution is -2.41. The van der Waals surface area contributed by atoms with E-state index in [0.29, 0.717) is 0 Å². The molecule has 98 valence electrons. The molecule has 1 aliphatic carbocycles. The van der Waals surface area contributed by atoms with Gasteiger partial charge in [0.25, 0.3) is 0 Å². The maximum Gasteiger partial charge on any atom is 0.123 e. The number of rotatable bonds is 3. The van der Waals surface area contributed by atoms with Crippen LogP contribution in [0.5, 0.6) is 5.75 Å². The van der Waals surface area contributed by atoms with E-state index in [1.54, 1.807) is 0 Å². The summed E-state index contributed by atoms with van der Waals surface area (Å²) in [6.07, 6.45) is 7.93. The van der Waals surface area contributed by atoms with Crippen LogP contribution in [-0.4, -0.2) is 13.2 Å². The van der Waals surface area contributed by atoms with E-state index in [0.717, 1.165) is 31.2 Å². The highest BCUT2D eigenvalue weighted by Gasteiger charge is 2.38. The van der Waals surface area contributed by atoms with Gasteiger partial charge in [-0.1, -0.05) is 43.9 Å². The Bertz CT molecular complexity index is 411. The number of hydrogen-bond donors (Lipinski definition) is 1. The third kappa shape index (κ3) is 2.03. The number of benzene rings is 1. The second-order valence-electron chi connectivity index (χ2n) is 5.93. The topological polar surface area (TPSA) is 35.2 Å². The molecule has 1 unspecified atom stereocenters.